The Morgan fingerprint density at radius 1 is 1.19 bits per heavy atom. The van der Waals surface area contributed by atoms with Crippen LogP contribution < -0.4 is 5.32 Å². The van der Waals surface area contributed by atoms with Gasteiger partial charge in [0.15, 0.2) is 11.3 Å². The van der Waals surface area contributed by atoms with Gasteiger partial charge in [-0.05, 0) is 43.9 Å². The molecule has 2 amide bonds. The van der Waals surface area contributed by atoms with Crippen molar-refractivity contribution in [2.75, 3.05) is 32.7 Å². The van der Waals surface area contributed by atoms with Gasteiger partial charge >= 0.3 is 0 Å². The van der Waals surface area contributed by atoms with Crippen molar-refractivity contribution in [3.63, 3.8) is 0 Å². The summed E-state index contributed by atoms with van der Waals surface area (Å²) in [4.78, 5) is 33.3. The van der Waals surface area contributed by atoms with Gasteiger partial charge in [-0.2, -0.15) is 0 Å². The van der Waals surface area contributed by atoms with E-state index in [4.69, 9.17) is 4.42 Å². The molecule has 2 bridgehead atoms. The fourth-order valence-electron chi connectivity index (χ4n) is 4.27. The van der Waals surface area contributed by atoms with Crippen molar-refractivity contribution in [3.8, 4) is 0 Å². The number of amides is 2. The number of carbonyl (C=O) groups excluding carboxylic acids is 2. The van der Waals surface area contributed by atoms with Gasteiger partial charge in [0.05, 0.1) is 6.20 Å². The number of carbonyl (C=O) groups is 2. The van der Waals surface area contributed by atoms with Crippen LogP contribution in [0.4, 0.5) is 0 Å². The molecule has 136 valence electrons. The summed E-state index contributed by atoms with van der Waals surface area (Å²) in [6.07, 6.45) is 4.85. The van der Waals surface area contributed by atoms with Gasteiger partial charge in [-0.1, -0.05) is 0 Å². The molecule has 26 heavy (non-hydrogen) atoms. The summed E-state index contributed by atoms with van der Waals surface area (Å²) >= 11 is 0. The zero-order valence-corrected chi connectivity index (χ0v) is 14.6. The lowest BCUT2D eigenvalue weighted by Gasteiger charge is -2.30. The molecule has 3 atom stereocenters. The number of pyridine rings is 1. The van der Waals surface area contributed by atoms with E-state index in [0.29, 0.717) is 23.0 Å². The highest BCUT2D eigenvalue weighted by Gasteiger charge is 2.33. The third-order valence-electron chi connectivity index (χ3n) is 5.79. The number of furan rings is 1. The molecule has 1 unspecified atom stereocenters. The highest BCUT2D eigenvalue weighted by Crippen LogP contribution is 2.27. The van der Waals surface area contributed by atoms with Gasteiger partial charge in [0.2, 0.25) is 0 Å². The fourth-order valence-corrected chi connectivity index (χ4v) is 4.27. The van der Waals surface area contributed by atoms with Gasteiger partial charge in [-0.15, -0.1) is 0 Å². The van der Waals surface area contributed by atoms with Crippen LogP contribution >= 0.6 is 0 Å². The van der Waals surface area contributed by atoms with Gasteiger partial charge in [0.1, 0.15) is 5.69 Å². The molecule has 0 saturated carbocycles. The van der Waals surface area contributed by atoms with E-state index in [1.807, 2.05) is 0 Å². The van der Waals surface area contributed by atoms with Crippen LogP contribution in [0.1, 0.15) is 40.3 Å². The molecule has 5 heterocycles. The van der Waals surface area contributed by atoms with Crippen molar-refractivity contribution in [1.82, 2.24) is 20.1 Å². The van der Waals surface area contributed by atoms with E-state index in [0.717, 1.165) is 44.4 Å². The maximum absolute atomic E-state index is 12.6. The van der Waals surface area contributed by atoms with E-state index in [1.54, 1.807) is 17.0 Å². The molecule has 3 aliphatic rings. The maximum Gasteiger partial charge on any atom is 0.289 e. The second-order valence-electron chi connectivity index (χ2n) is 7.68. The van der Waals surface area contributed by atoms with Gasteiger partial charge in [0.25, 0.3) is 11.8 Å². The Kier molecular flexibility index (Phi) is 3.70. The molecule has 2 aromatic rings. The Bertz CT molecular complexity index is 861. The van der Waals surface area contributed by atoms with Crippen LogP contribution in [0.25, 0.3) is 11.0 Å². The minimum absolute atomic E-state index is 0.0924. The molecule has 7 nitrogen and oxygen atoms in total. The zero-order chi connectivity index (χ0) is 17.7. The Hall–Kier alpha value is -2.41. The topological polar surface area (TPSA) is 78.7 Å². The Balaban J connectivity index is 1.32. The van der Waals surface area contributed by atoms with E-state index in [-0.39, 0.29) is 17.9 Å². The molecule has 3 fully saturated rings. The highest BCUT2D eigenvalue weighted by molar-refractivity contribution is 5.99. The molecular weight excluding hydrogens is 332 g/mol. The van der Waals surface area contributed by atoms with Crippen molar-refractivity contribution >= 4 is 22.8 Å². The lowest BCUT2D eigenvalue weighted by atomic mass is 9.97. The van der Waals surface area contributed by atoms with Gasteiger partial charge in [-0.25, -0.2) is 4.98 Å². The first-order chi connectivity index (χ1) is 12.7. The maximum atomic E-state index is 12.6. The quantitative estimate of drug-likeness (QED) is 0.904. The third-order valence-corrected chi connectivity index (χ3v) is 5.79. The SMILES string of the molecule is O=C(N[C@@H]1C[C@@H]2CCN(C2)C1)c1cc2cc(C(=O)N3CCC3)oc2cn1. The van der Waals surface area contributed by atoms with E-state index in [1.165, 1.54) is 19.2 Å². The minimum atomic E-state index is -0.156. The Morgan fingerprint density at radius 2 is 2.08 bits per heavy atom. The van der Waals surface area contributed by atoms with Crippen LogP contribution in [0.2, 0.25) is 0 Å². The van der Waals surface area contributed by atoms with Crippen molar-refractivity contribution in [3.05, 3.63) is 29.8 Å². The third kappa shape index (κ3) is 2.76. The van der Waals surface area contributed by atoms with Crippen LogP contribution in [0.5, 0.6) is 0 Å². The molecule has 3 aliphatic heterocycles. The number of hydrogen-bond acceptors (Lipinski definition) is 5. The summed E-state index contributed by atoms with van der Waals surface area (Å²) in [6.45, 7) is 4.79. The summed E-state index contributed by atoms with van der Waals surface area (Å²) in [6, 6.07) is 3.61. The lowest BCUT2D eigenvalue weighted by molar-refractivity contribution is 0.0621. The number of nitrogens with zero attached hydrogens (tertiary/aromatic N) is 3. The number of aromatic nitrogens is 1. The van der Waals surface area contributed by atoms with E-state index in [2.05, 4.69) is 15.2 Å². The number of fused-ring (bicyclic) bond motifs is 3. The molecule has 2 aromatic heterocycles. The number of hydrogen-bond donors (Lipinski definition) is 1. The zero-order valence-electron chi connectivity index (χ0n) is 14.6. The first-order valence-corrected chi connectivity index (χ1v) is 9.38. The normalized spacial score (nSPS) is 27.4. The van der Waals surface area contributed by atoms with Crippen molar-refractivity contribution < 1.29 is 14.0 Å². The van der Waals surface area contributed by atoms with Crippen LogP contribution in [0.3, 0.4) is 0 Å². The second-order valence-corrected chi connectivity index (χ2v) is 7.68. The van der Waals surface area contributed by atoms with Crippen molar-refractivity contribution in [2.24, 2.45) is 5.92 Å². The number of nitrogens with one attached hydrogen (secondary N) is 1. The number of rotatable bonds is 3. The predicted octanol–water partition coefficient (Wildman–Crippen LogP) is 1.50. The van der Waals surface area contributed by atoms with Crippen molar-refractivity contribution in [1.29, 1.82) is 0 Å². The summed E-state index contributed by atoms with van der Waals surface area (Å²) < 4.78 is 5.62. The molecule has 0 spiro atoms. The van der Waals surface area contributed by atoms with E-state index < -0.39 is 0 Å². The largest absolute Gasteiger partial charge is 0.449 e. The second kappa shape index (κ2) is 6.09. The summed E-state index contributed by atoms with van der Waals surface area (Å²) in [7, 11) is 0. The molecule has 0 aliphatic carbocycles. The Labute approximate surface area is 151 Å². The molecule has 1 N–H and O–H groups in total. The van der Waals surface area contributed by atoms with E-state index >= 15 is 0 Å². The van der Waals surface area contributed by atoms with Gasteiger partial charge in [-0.3, -0.25) is 9.59 Å². The van der Waals surface area contributed by atoms with Crippen LogP contribution in [-0.2, 0) is 0 Å². The fraction of sp³-hybridized carbons (Fsp3) is 0.526. The van der Waals surface area contributed by atoms with Crippen molar-refractivity contribution in [2.45, 2.75) is 25.3 Å². The van der Waals surface area contributed by atoms with E-state index in [9.17, 15) is 9.59 Å². The number of piperidine rings is 1. The predicted molar refractivity (Wildman–Crippen MR) is 94.9 cm³/mol. The van der Waals surface area contributed by atoms with Crippen LogP contribution in [0, 0.1) is 5.92 Å². The van der Waals surface area contributed by atoms with Gasteiger partial charge < -0.3 is 19.5 Å². The molecule has 7 heteroatoms. The molecule has 3 saturated heterocycles. The standard InChI is InChI=1S/C19H22N4O3/c24-18(21-14-6-12-2-5-22(10-12)11-14)15-7-13-8-16(26-17(13)9-20-15)19(25)23-3-1-4-23/h7-9,12,14H,1-6,10-11H2,(H,21,24)/t12-,14+/m0/s1. The molecular formula is C19H22N4O3. The molecule has 0 radical (unpaired) electrons. The average Bonchev–Trinajstić information content (AvgIpc) is 3.15. The smallest absolute Gasteiger partial charge is 0.289 e. The molecule has 0 aromatic carbocycles. The lowest BCUT2D eigenvalue weighted by Crippen LogP contribution is -2.47. The van der Waals surface area contributed by atoms with Crippen LogP contribution in [0.15, 0.2) is 22.7 Å². The van der Waals surface area contributed by atoms with Gasteiger partial charge in [0, 0.05) is 37.6 Å². The summed E-state index contributed by atoms with van der Waals surface area (Å²) in [5.74, 6) is 0.769. The highest BCUT2D eigenvalue weighted by atomic mass is 16.3. The summed E-state index contributed by atoms with van der Waals surface area (Å²) in [5.41, 5.74) is 0.904. The monoisotopic (exact) mass is 354 g/mol. The number of likely N-dealkylation sites (tertiary alicyclic amines) is 1. The molecule has 5 rings (SSSR count). The first kappa shape index (κ1) is 15.8. The minimum Gasteiger partial charge on any atom is -0.449 e. The average molecular weight is 354 g/mol. The van der Waals surface area contributed by atoms with Crippen LogP contribution in [-0.4, -0.2) is 65.4 Å². The Morgan fingerprint density at radius 3 is 2.85 bits per heavy atom. The first-order valence-electron chi connectivity index (χ1n) is 9.38. The summed E-state index contributed by atoms with van der Waals surface area (Å²) in [5, 5.41) is 3.86.